The molecule has 1 rings (SSSR count). The predicted octanol–water partition coefficient (Wildman–Crippen LogP) is 2.68. The standard InChI is InChI=1S/C13H20ClN3O2/c1-3-16(4-2)9-8-15-10-11-12(14)6-5-7-13(11)17(18)19/h5-7,15H,3-4,8-10H2,1-2H3. The van der Waals surface area contributed by atoms with Crippen LogP contribution in [0.5, 0.6) is 0 Å². The minimum Gasteiger partial charge on any atom is -0.311 e. The molecule has 0 aliphatic heterocycles. The summed E-state index contributed by atoms with van der Waals surface area (Å²) in [6.07, 6.45) is 0. The van der Waals surface area contributed by atoms with Gasteiger partial charge in [-0.3, -0.25) is 10.1 Å². The Morgan fingerprint density at radius 2 is 2.05 bits per heavy atom. The van der Waals surface area contributed by atoms with Crippen molar-refractivity contribution in [1.82, 2.24) is 10.2 Å². The van der Waals surface area contributed by atoms with Gasteiger partial charge in [0.25, 0.3) is 5.69 Å². The second-order valence-electron chi connectivity index (χ2n) is 4.20. The van der Waals surface area contributed by atoms with Gasteiger partial charge in [-0.15, -0.1) is 0 Å². The van der Waals surface area contributed by atoms with E-state index < -0.39 is 4.92 Å². The Balaban J connectivity index is 2.56. The van der Waals surface area contributed by atoms with Crippen LogP contribution in [0.1, 0.15) is 19.4 Å². The third kappa shape index (κ3) is 4.78. The maximum atomic E-state index is 10.9. The normalized spacial score (nSPS) is 10.9. The number of hydrogen-bond acceptors (Lipinski definition) is 4. The van der Waals surface area contributed by atoms with Crippen LogP contribution in [0.25, 0.3) is 0 Å². The zero-order valence-corrected chi connectivity index (χ0v) is 12.1. The van der Waals surface area contributed by atoms with Crippen molar-refractivity contribution in [3.8, 4) is 0 Å². The van der Waals surface area contributed by atoms with Crippen LogP contribution in [0, 0.1) is 10.1 Å². The highest BCUT2D eigenvalue weighted by molar-refractivity contribution is 6.31. The number of nitro benzene ring substituents is 1. The molecular formula is C13H20ClN3O2. The third-order valence-electron chi connectivity index (χ3n) is 3.09. The van der Waals surface area contributed by atoms with E-state index in [1.807, 2.05) is 0 Å². The van der Waals surface area contributed by atoms with Crippen molar-refractivity contribution in [3.05, 3.63) is 38.9 Å². The molecule has 0 unspecified atom stereocenters. The molecule has 5 nitrogen and oxygen atoms in total. The zero-order chi connectivity index (χ0) is 14.3. The number of nitro groups is 1. The molecule has 0 bridgehead atoms. The smallest absolute Gasteiger partial charge is 0.275 e. The van der Waals surface area contributed by atoms with E-state index in [4.69, 9.17) is 11.6 Å². The number of nitrogens with one attached hydrogen (secondary N) is 1. The van der Waals surface area contributed by atoms with E-state index in [1.165, 1.54) is 6.07 Å². The number of likely N-dealkylation sites (N-methyl/N-ethyl adjacent to an activating group) is 1. The van der Waals surface area contributed by atoms with Gasteiger partial charge in [-0.05, 0) is 19.2 Å². The first-order chi connectivity index (χ1) is 9.10. The molecule has 6 heteroatoms. The van der Waals surface area contributed by atoms with E-state index in [0.29, 0.717) is 17.1 Å². The lowest BCUT2D eigenvalue weighted by atomic mass is 10.2. The van der Waals surface area contributed by atoms with Gasteiger partial charge in [0, 0.05) is 25.7 Å². The lowest BCUT2D eigenvalue weighted by molar-refractivity contribution is -0.385. The zero-order valence-electron chi connectivity index (χ0n) is 11.4. The van der Waals surface area contributed by atoms with Crippen molar-refractivity contribution in [2.24, 2.45) is 0 Å². The van der Waals surface area contributed by atoms with Gasteiger partial charge in [-0.25, -0.2) is 0 Å². The van der Waals surface area contributed by atoms with Gasteiger partial charge in [0.2, 0.25) is 0 Å². The summed E-state index contributed by atoms with van der Waals surface area (Å²) in [7, 11) is 0. The van der Waals surface area contributed by atoms with E-state index in [9.17, 15) is 10.1 Å². The molecular weight excluding hydrogens is 266 g/mol. The Kier molecular flexibility index (Phi) is 6.77. The number of nitrogens with zero attached hydrogens (tertiary/aromatic N) is 2. The molecule has 0 radical (unpaired) electrons. The summed E-state index contributed by atoms with van der Waals surface area (Å²) in [5, 5.41) is 14.6. The quantitative estimate of drug-likeness (QED) is 0.453. The van der Waals surface area contributed by atoms with E-state index in [2.05, 4.69) is 24.1 Å². The molecule has 0 saturated carbocycles. The van der Waals surface area contributed by atoms with Crippen LogP contribution in [0.15, 0.2) is 18.2 Å². The van der Waals surface area contributed by atoms with Crippen molar-refractivity contribution in [1.29, 1.82) is 0 Å². The van der Waals surface area contributed by atoms with Crippen molar-refractivity contribution in [3.63, 3.8) is 0 Å². The van der Waals surface area contributed by atoms with Crippen LogP contribution in [-0.2, 0) is 6.54 Å². The second-order valence-corrected chi connectivity index (χ2v) is 4.61. The molecule has 0 amide bonds. The van der Waals surface area contributed by atoms with Gasteiger partial charge in [-0.1, -0.05) is 31.5 Å². The molecule has 0 aromatic heterocycles. The molecule has 0 fully saturated rings. The summed E-state index contributed by atoms with van der Waals surface area (Å²) in [6.45, 7) is 8.35. The Hall–Kier alpha value is -1.17. The third-order valence-corrected chi connectivity index (χ3v) is 3.45. The fraction of sp³-hybridized carbons (Fsp3) is 0.538. The van der Waals surface area contributed by atoms with Gasteiger partial charge < -0.3 is 10.2 Å². The van der Waals surface area contributed by atoms with Crippen LogP contribution >= 0.6 is 11.6 Å². The van der Waals surface area contributed by atoms with Crippen molar-refractivity contribution < 1.29 is 4.92 Å². The van der Waals surface area contributed by atoms with Gasteiger partial charge in [-0.2, -0.15) is 0 Å². The molecule has 19 heavy (non-hydrogen) atoms. The molecule has 1 aromatic rings. The van der Waals surface area contributed by atoms with Crippen molar-refractivity contribution >= 4 is 17.3 Å². The van der Waals surface area contributed by atoms with Crippen molar-refractivity contribution in [2.75, 3.05) is 26.2 Å². The highest BCUT2D eigenvalue weighted by atomic mass is 35.5. The summed E-state index contributed by atoms with van der Waals surface area (Å²) in [4.78, 5) is 12.8. The maximum absolute atomic E-state index is 10.9. The molecule has 0 atom stereocenters. The Morgan fingerprint density at radius 1 is 1.37 bits per heavy atom. The molecule has 1 aromatic carbocycles. The Labute approximate surface area is 118 Å². The number of hydrogen-bond donors (Lipinski definition) is 1. The monoisotopic (exact) mass is 285 g/mol. The largest absolute Gasteiger partial charge is 0.311 e. The van der Waals surface area contributed by atoms with E-state index in [1.54, 1.807) is 12.1 Å². The predicted molar refractivity (Wildman–Crippen MR) is 77.6 cm³/mol. The number of rotatable bonds is 8. The molecule has 1 N–H and O–H groups in total. The van der Waals surface area contributed by atoms with Gasteiger partial charge >= 0.3 is 0 Å². The fourth-order valence-electron chi connectivity index (χ4n) is 1.88. The van der Waals surface area contributed by atoms with Crippen LogP contribution in [0.4, 0.5) is 5.69 Å². The summed E-state index contributed by atoms with van der Waals surface area (Å²) in [6, 6.07) is 4.75. The SMILES string of the molecule is CCN(CC)CCNCc1c(Cl)cccc1[N+](=O)[O-]. The first-order valence-electron chi connectivity index (χ1n) is 6.45. The van der Waals surface area contributed by atoms with E-state index >= 15 is 0 Å². The fourth-order valence-corrected chi connectivity index (χ4v) is 2.12. The highest BCUT2D eigenvalue weighted by Crippen LogP contribution is 2.25. The van der Waals surface area contributed by atoms with Gasteiger partial charge in [0.05, 0.1) is 15.5 Å². The first kappa shape index (κ1) is 15.9. The molecule has 0 heterocycles. The maximum Gasteiger partial charge on any atom is 0.275 e. The summed E-state index contributed by atoms with van der Waals surface area (Å²) < 4.78 is 0. The lowest BCUT2D eigenvalue weighted by Gasteiger charge is -2.18. The molecule has 106 valence electrons. The summed E-state index contributed by atoms with van der Waals surface area (Å²) >= 11 is 6.01. The average Bonchev–Trinajstić information content (AvgIpc) is 2.40. The molecule has 0 aliphatic rings. The van der Waals surface area contributed by atoms with Gasteiger partial charge in [0.1, 0.15) is 0 Å². The Bertz CT molecular complexity index is 422. The molecule has 0 spiro atoms. The topological polar surface area (TPSA) is 58.4 Å². The van der Waals surface area contributed by atoms with Gasteiger partial charge in [0.15, 0.2) is 0 Å². The Morgan fingerprint density at radius 3 is 2.63 bits per heavy atom. The highest BCUT2D eigenvalue weighted by Gasteiger charge is 2.15. The minimum absolute atomic E-state index is 0.0721. The van der Waals surface area contributed by atoms with E-state index in [0.717, 1.165) is 26.2 Å². The summed E-state index contributed by atoms with van der Waals surface area (Å²) in [5.41, 5.74) is 0.622. The first-order valence-corrected chi connectivity index (χ1v) is 6.82. The molecule has 0 saturated heterocycles. The van der Waals surface area contributed by atoms with Crippen molar-refractivity contribution in [2.45, 2.75) is 20.4 Å². The van der Waals surface area contributed by atoms with Crippen LogP contribution in [-0.4, -0.2) is 36.0 Å². The minimum atomic E-state index is -0.396. The van der Waals surface area contributed by atoms with E-state index in [-0.39, 0.29) is 5.69 Å². The van der Waals surface area contributed by atoms with Crippen LogP contribution in [0.3, 0.4) is 0 Å². The average molecular weight is 286 g/mol. The van der Waals surface area contributed by atoms with Crippen LogP contribution in [0.2, 0.25) is 5.02 Å². The second kappa shape index (κ2) is 8.09. The number of benzene rings is 1. The lowest BCUT2D eigenvalue weighted by Crippen LogP contribution is -2.31. The number of halogens is 1. The summed E-state index contributed by atoms with van der Waals surface area (Å²) in [5.74, 6) is 0. The van der Waals surface area contributed by atoms with Crippen LogP contribution < -0.4 is 5.32 Å². The molecule has 0 aliphatic carbocycles.